The Morgan fingerprint density at radius 2 is 1.79 bits per heavy atom. The number of nitrogens with zero attached hydrogens (tertiary/aromatic N) is 1. The van der Waals surface area contributed by atoms with Gasteiger partial charge < -0.3 is 4.90 Å². The Bertz CT molecular complexity index is 301. The van der Waals surface area contributed by atoms with Crippen molar-refractivity contribution in [3.05, 3.63) is 35.4 Å². The van der Waals surface area contributed by atoms with Gasteiger partial charge in [0.2, 0.25) is 0 Å². The molecule has 0 saturated carbocycles. The second-order valence-electron chi connectivity index (χ2n) is 3.84. The van der Waals surface area contributed by atoms with Gasteiger partial charge >= 0.3 is 0 Å². The van der Waals surface area contributed by atoms with Crippen LogP contribution in [0.3, 0.4) is 0 Å². The van der Waals surface area contributed by atoms with Crippen molar-refractivity contribution in [2.75, 3.05) is 20.6 Å². The van der Waals surface area contributed by atoms with Crippen LogP contribution in [0.1, 0.15) is 22.3 Å². The molecule has 76 valence electrons. The van der Waals surface area contributed by atoms with Crippen molar-refractivity contribution >= 4 is 5.78 Å². The predicted octanol–water partition coefficient (Wildman–Crippen LogP) is 2.13. The van der Waals surface area contributed by atoms with Crippen molar-refractivity contribution in [1.82, 2.24) is 4.90 Å². The van der Waals surface area contributed by atoms with Crippen LogP contribution in [-0.2, 0) is 0 Å². The summed E-state index contributed by atoms with van der Waals surface area (Å²) in [7, 11) is 3.95. The molecule has 0 aromatic heterocycles. The second-order valence-corrected chi connectivity index (χ2v) is 3.84. The Morgan fingerprint density at radius 1 is 1.21 bits per heavy atom. The number of hydrogen-bond donors (Lipinski definition) is 0. The zero-order chi connectivity index (χ0) is 10.6. The summed E-state index contributed by atoms with van der Waals surface area (Å²) in [6.07, 6.45) is 0.593. The summed E-state index contributed by atoms with van der Waals surface area (Å²) in [5.41, 5.74) is 2.01. The molecule has 0 unspecified atom stereocenters. The van der Waals surface area contributed by atoms with Gasteiger partial charge in [0.15, 0.2) is 5.78 Å². The van der Waals surface area contributed by atoms with Gasteiger partial charge in [-0.15, -0.1) is 0 Å². The molecule has 0 spiro atoms. The van der Waals surface area contributed by atoms with Crippen LogP contribution in [-0.4, -0.2) is 31.3 Å². The van der Waals surface area contributed by atoms with Crippen LogP contribution < -0.4 is 0 Å². The first-order valence-corrected chi connectivity index (χ1v) is 4.84. The third kappa shape index (κ3) is 3.30. The third-order valence-electron chi connectivity index (χ3n) is 2.16. The molecule has 1 aromatic rings. The maximum absolute atomic E-state index is 11.6. The van der Waals surface area contributed by atoms with Gasteiger partial charge in [-0.3, -0.25) is 4.79 Å². The van der Waals surface area contributed by atoms with E-state index in [0.717, 1.165) is 12.1 Å². The molecule has 2 nitrogen and oxygen atoms in total. The number of rotatable bonds is 4. The highest BCUT2D eigenvalue weighted by atomic mass is 16.1. The van der Waals surface area contributed by atoms with E-state index in [2.05, 4.69) is 0 Å². The van der Waals surface area contributed by atoms with E-state index in [1.54, 1.807) is 0 Å². The highest BCUT2D eigenvalue weighted by molar-refractivity contribution is 5.96. The molecular weight excluding hydrogens is 174 g/mol. The van der Waals surface area contributed by atoms with Gasteiger partial charge in [0.25, 0.3) is 0 Å². The smallest absolute Gasteiger partial charge is 0.164 e. The topological polar surface area (TPSA) is 20.3 Å². The lowest BCUT2D eigenvalue weighted by molar-refractivity contribution is 0.0972. The Kier molecular flexibility index (Phi) is 3.84. The van der Waals surface area contributed by atoms with Gasteiger partial charge in [-0.25, -0.2) is 0 Å². The van der Waals surface area contributed by atoms with Crippen molar-refractivity contribution < 1.29 is 4.79 Å². The minimum atomic E-state index is 0.221. The minimum Gasteiger partial charge on any atom is -0.309 e. The number of aryl methyl sites for hydroxylation is 1. The lowest BCUT2D eigenvalue weighted by Gasteiger charge is -2.08. The molecule has 0 aliphatic rings. The number of Topliss-reactive ketones (excluding diaryl/α,β-unsaturated/α-hetero) is 1. The molecule has 0 atom stereocenters. The highest BCUT2D eigenvalue weighted by Crippen LogP contribution is 2.06. The first-order valence-electron chi connectivity index (χ1n) is 4.84. The summed E-state index contributed by atoms with van der Waals surface area (Å²) in [5.74, 6) is 0.221. The Balaban J connectivity index is 2.57. The minimum absolute atomic E-state index is 0.221. The van der Waals surface area contributed by atoms with E-state index in [4.69, 9.17) is 0 Å². The summed E-state index contributed by atoms with van der Waals surface area (Å²) < 4.78 is 0. The highest BCUT2D eigenvalue weighted by Gasteiger charge is 2.04. The number of carbonyl (C=O) groups is 1. The molecule has 0 heterocycles. The van der Waals surface area contributed by atoms with Crippen LogP contribution in [0.15, 0.2) is 24.3 Å². The summed E-state index contributed by atoms with van der Waals surface area (Å²) in [6.45, 7) is 2.83. The molecule has 0 fully saturated rings. The van der Waals surface area contributed by atoms with Crippen molar-refractivity contribution in [3.63, 3.8) is 0 Å². The van der Waals surface area contributed by atoms with Crippen LogP contribution >= 0.6 is 0 Å². The number of carbonyl (C=O) groups excluding carboxylic acids is 1. The monoisotopic (exact) mass is 191 g/mol. The average molecular weight is 191 g/mol. The van der Waals surface area contributed by atoms with Crippen LogP contribution in [0.2, 0.25) is 0 Å². The normalized spacial score (nSPS) is 10.6. The molecule has 0 bridgehead atoms. The van der Waals surface area contributed by atoms with Gasteiger partial charge in [0, 0.05) is 18.5 Å². The van der Waals surface area contributed by atoms with Crippen molar-refractivity contribution in [2.24, 2.45) is 0 Å². The predicted molar refractivity (Wildman–Crippen MR) is 58.7 cm³/mol. The largest absolute Gasteiger partial charge is 0.309 e. The Morgan fingerprint density at radius 3 is 2.29 bits per heavy atom. The fourth-order valence-corrected chi connectivity index (χ4v) is 1.21. The number of hydrogen-bond acceptors (Lipinski definition) is 2. The van der Waals surface area contributed by atoms with E-state index in [1.165, 1.54) is 5.56 Å². The molecule has 0 saturated heterocycles. The number of benzene rings is 1. The van der Waals surface area contributed by atoms with E-state index in [0.29, 0.717) is 6.42 Å². The zero-order valence-corrected chi connectivity index (χ0v) is 9.08. The molecule has 1 rings (SSSR count). The zero-order valence-electron chi connectivity index (χ0n) is 9.08. The molecule has 2 heteroatoms. The maximum Gasteiger partial charge on any atom is 0.164 e. The van der Waals surface area contributed by atoms with Crippen molar-refractivity contribution in [3.8, 4) is 0 Å². The van der Waals surface area contributed by atoms with E-state index in [-0.39, 0.29) is 5.78 Å². The van der Waals surface area contributed by atoms with Crippen molar-refractivity contribution in [2.45, 2.75) is 13.3 Å². The molecule has 1 aromatic carbocycles. The molecular formula is C12H17NO. The van der Waals surface area contributed by atoms with Crippen LogP contribution in [0.4, 0.5) is 0 Å². The lowest BCUT2D eigenvalue weighted by Crippen LogP contribution is -2.16. The molecule has 0 aliphatic heterocycles. The summed E-state index contributed by atoms with van der Waals surface area (Å²) in [5, 5.41) is 0. The van der Waals surface area contributed by atoms with Gasteiger partial charge in [0.1, 0.15) is 0 Å². The molecule has 14 heavy (non-hydrogen) atoms. The van der Waals surface area contributed by atoms with E-state index in [1.807, 2.05) is 50.2 Å². The van der Waals surface area contributed by atoms with E-state index in [9.17, 15) is 4.79 Å². The summed E-state index contributed by atoms with van der Waals surface area (Å²) in [6, 6.07) is 7.74. The Labute approximate surface area is 85.5 Å². The maximum atomic E-state index is 11.6. The first-order chi connectivity index (χ1) is 6.59. The first kappa shape index (κ1) is 10.9. The Hall–Kier alpha value is -1.15. The van der Waals surface area contributed by atoms with Crippen LogP contribution in [0.25, 0.3) is 0 Å². The molecule has 0 radical (unpaired) electrons. The van der Waals surface area contributed by atoms with Gasteiger partial charge in [0.05, 0.1) is 0 Å². The third-order valence-corrected chi connectivity index (χ3v) is 2.16. The van der Waals surface area contributed by atoms with Gasteiger partial charge in [-0.05, 0) is 21.0 Å². The SMILES string of the molecule is Cc1ccc(C(=O)CCN(C)C)cc1. The summed E-state index contributed by atoms with van der Waals surface area (Å²) in [4.78, 5) is 13.7. The fraction of sp³-hybridized carbons (Fsp3) is 0.417. The van der Waals surface area contributed by atoms with Crippen molar-refractivity contribution in [1.29, 1.82) is 0 Å². The molecule has 0 aliphatic carbocycles. The standard InChI is InChI=1S/C12H17NO/c1-10-4-6-11(7-5-10)12(14)8-9-13(2)3/h4-7H,8-9H2,1-3H3. The molecule has 0 N–H and O–H groups in total. The quantitative estimate of drug-likeness (QED) is 0.679. The molecule has 0 amide bonds. The van der Waals surface area contributed by atoms with Crippen LogP contribution in [0, 0.1) is 6.92 Å². The fourth-order valence-electron chi connectivity index (χ4n) is 1.21. The summed E-state index contributed by atoms with van der Waals surface area (Å²) >= 11 is 0. The second kappa shape index (κ2) is 4.91. The number of ketones is 1. The van der Waals surface area contributed by atoms with E-state index >= 15 is 0 Å². The van der Waals surface area contributed by atoms with Gasteiger partial charge in [-0.1, -0.05) is 29.8 Å². The average Bonchev–Trinajstić information content (AvgIpc) is 2.15. The van der Waals surface area contributed by atoms with Crippen LogP contribution in [0.5, 0.6) is 0 Å². The van der Waals surface area contributed by atoms with Gasteiger partial charge in [-0.2, -0.15) is 0 Å². The van der Waals surface area contributed by atoms with E-state index < -0.39 is 0 Å². The lowest BCUT2D eigenvalue weighted by atomic mass is 10.1.